The molecule has 2 aromatic carbocycles. The van der Waals surface area contributed by atoms with E-state index in [0.717, 1.165) is 33.6 Å². The van der Waals surface area contributed by atoms with Gasteiger partial charge >= 0.3 is 0 Å². The van der Waals surface area contributed by atoms with Gasteiger partial charge in [-0.2, -0.15) is 0 Å². The maximum atomic E-state index is 14.1. The molecule has 4 rings (SSSR count). The standard InChI is InChI=1S/C22H20ClFN4OS/c1-29-11-5-10-28-21(18-7-2-3-8-19(18)23)26-27-22(28)30-14-16-13-17(24)12-15-6-4-9-25-20(15)16/h2-4,6-9,12-13H,5,10-11,14H2,1H3. The molecule has 0 aliphatic rings. The van der Waals surface area contributed by atoms with Gasteiger partial charge in [0.25, 0.3) is 0 Å². The summed E-state index contributed by atoms with van der Waals surface area (Å²) in [6, 6.07) is 14.3. The molecule has 0 saturated heterocycles. The Hall–Kier alpha value is -2.48. The molecule has 0 saturated carbocycles. The van der Waals surface area contributed by atoms with Crippen molar-refractivity contribution in [2.24, 2.45) is 0 Å². The first kappa shape index (κ1) is 20.8. The lowest BCUT2D eigenvalue weighted by Gasteiger charge is -2.11. The molecule has 154 valence electrons. The van der Waals surface area contributed by atoms with Gasteiger partial charge in [0.05, 0.1) is 10.5 Å². The summed E-state index contributed by atoms with van der Waals surface area (Å²) in [6.07, 6.45) is 2.53. The smallest absolute Gasteiger partial charge is 0.191 e. The van der Waals surface area contributed by atoms with E-state index in [2.05, 4.69) is 15.2 Å². The topological polar surface area (TPSA) is 52.8 Å². The normalized spacial score (nSPS) is 11.3. The van der Waals surface area contributed by atoms with E-state index in [0.29, 0.717) is 29.8 Å². The van der Waals surface area contributed by atoms with Crippen LogP contribution in [0.25, 0.3) is 22.3 Å². The van der Waals surface area contributed by atoms with Gasteiger partial charge in [0.1, 0.15) is 5.82 Å². The molecule has 0 fully saturated rings. The average Bonchev–Trinajstić information content (AvgIpc) is 3.15. The fraction of sp³-hybridized carbons (Fsp3) is 0.227. The van der Waals surface area contributed by atoms with Crippen LogP contribution in [0.2, 0.25) is 5.02 Å². The fourth-order valence-corrected chi connectivity index (χ4v) is 4.44. The number of hydrogen-bond acceptors (Lipinski definition) is 5. The van der Waals surface area contributed by atoms with Crippen molar-refractivity contribution in [2.75, 3.05) is 13.7 Å². The molecule has 30 heavy (non-hydrogen) atoms. The molecule has 0 atom stereocenters. The van der Waals surface area contributed by atoms with Crippen LogP contribution < -0.4 is 0 Å². The van der Waals surface area contributed by atoms with Crippen molar-refractivity contribution in [1.82, 2.24) is 19.7 Å². The Bertz CT molecular complexity index is 1170. The minimum absolute atomic E-state index is 0.274. The lowest BCUT2D eigenvalue weighted by atomic mass is 10.1. The second-order valence-electron chi connectivity index (χ2n) is 6.71. The number of methoxy groups -OCH3 is 1. The van der Waals surface area contributed by atoms with Gasteiger partial charge in [-0.05, 0) is 42.3 Å². The van der Waals surface area contributed by atoms with E-state index in [1.54, 1.807) is 19.4 Å². The van der Waals surface area contributed by atoms with Crippen LogP contribution in [-0.2, 0) is 17.0 Å². The number of rotatable bonds is 8. The third kappa shape index (κ3) is 4.48. The van der Waals surface area contributed by atoms with Gasteiger partial charge in [-0.1, -0.05) is 41.6 Å². The van der Waals surface area contributed by atoms with Crippen LogP contribution in [0.5, 0.6) is 0 Å². The van der Waals surface area contributed by atoms with Crippen LogP contribution >= 0.6 is 23.4 Å². The minimum Gasteiger partial charge on any atom is -0.385 e. The van der Waals surface area contributed by atoms with Crippen LogP contribution in [0.15, 0.2) is 59.9 Å². The summed E-state index contributed by atoms with van der Waals surface area (Å²) >= 11 is 7.90. The highest BCUT2D eigenvalue weighted by molar-refractivity contribution is 7.98. The van der Waals surface area contributed by atoms with E-state index in [9.17, 15) is 4.39 Å². The SMILES string of the molecule is COCCCn1c(SCc2cc(F)cc3cccnc23)nnc1-c1ccccc1Cl. The zero-order valence-corrected chi connectivity index (χ0v) is 18.0. The number of pyridine rings is 1. The van der Waals surface area contributed by atoms with Crippen molar-refractivity contribution >= 4 is 34.3 Å². The predicted octanol–water partition coefficient (Wildman–Crippen LogP) is 5.61. The van der Waals surface area contributed by atoms with E-state index in [4.69, 9.17) is 16.3 Å². The zero-order valence-electron chi connectivity index (χ0n) is 16.4. The average molecular weight is 443 g/mol. The number of nitrogens with zero attached hydrogens (tertiary/aromatic N) is 4. The summed E-state index contributed by atoms with van der Waals surface area (Å²) in [5.74, 6) is 0.960. The largest absolute Gasteiger partial charge is 0.385 e. The van der Waals surface area contributed by atoms with Crippen molar-refractivity contribution < 1.29 is 9.13 Å². The number of aromatic nitrogens is 4. The Morgan fingerprint density at radius 3 is 2.83 bits per heavy atom. The van der Waals surface area contributed by atoms with E-state index in [-0.39, 0.29) is 5.82 Å². The van der Waals surface area contributed by atoms with Gasteiger partial charge in [0, 0.05) is 43.2 Å². The predicted molar refractivity (Wildman–Crippen MR) is 118 cm³/mol. The first-order chi connectivity index (χ1) is 14.7. The highest BCUT2D eigenvalue weighted by atomic mass is 35.5. The van der Waals surface area contributed by atoms with Gasteiger partial charge < -0.3 is 9.30 Å². The summed E-state index contributed by atoms with van der Waals surface area (Å²) in [6.45, 7) is 1.31. The minimum atomic E-state index is -0.274. The van der Waals surface area contributed by atoms with Crippen molar-refractivity contribution in [1.29, 1.82) is 0 Å². The Morgan fingerprint density at radius 2 is 2.00 bits per heavy atom. The van der Waals surface area contributed by atoms with Crippen LogP contribution in [0.4, 0.5) is 4.39 Å². The molecule has 0 spiro atoms. The number of benzene rings is 2. The molecule has 0 radical (unpaired) electrons. The van der Waals surface area contributed by atoms with Crippen LogP contribution in [0, 0.1) is 5.82 Å². The molecular formula is C22H20ClFN4OS. The molecule has 0 N–H and O–H groups in total. The molecule has 0 bridgehead atoms. The third-order valence-electron chi connectivity index (χ3n) is 4.67. The number of hydrogen-bond donors (Lipinski definition) is 0. The molecule has 0 aliphatic carbocycles. The Balaban J connectivity index is 1.65. The summed E-state index contributed by atoms with van der Waals surface area (Å²) in [5, 5.41) is 10.9. The highest BCUT2D eigenvalue weighted by Gasteiger charge is 2.17. The zero-order chi connectivity index (χ0) is 20.9. The van der Waals surface area contributed by atoms with Crippen molar-refractivity contribution in [3.8, 4) is 11.4 Å². The van der Waals surface area contributed by atoms with E-state index in [1.807, 2.05) is 34.9 Å². The highest BCUT2D eigenvalue weighted by Crippen LogP contribution is 2.32. The lowest BCUT2D eigenvalue weighted by Crippen LogP contribution is -2.05. The maximum absolute atomic E-state index is 14.1. The molecule has 0 unspecified atom stereocenters. The lowest BCUT2D eigenvalue weighted by molar-refractivity contribution is 0.189. The molecule has 0 amide bonds. The van der Waals surface area contributed by atoms with Gasteiger partial charge in [-0.3, -0.25) is 4.98 Å². The molecular weight excluding hydrogens is 423 g/mol. The van der Waals surface area contributed by atoms with Crippen molar-refractivity contribution in [3.05, 3.63) is 71.1 Å². The van der Waals surface area contributed by atoms with Crippen LogP contribution in [-0.4, -0.2) is 33.5 Å². The van der Waals surface area contributed by atoms with Gasteiger partial charge in [-0.15, -0.1) is 10.2 Å². The third-order valence-corrected chi connectivity index (χ3v) is 6.01. The number of ether oxygens (including phenoxy) is 1. The van der Waals surface area contributed by atoms with E-state index >= 15 is 0 Å². The van der Waals surface area contributed by atoms with Gasteiger partial charge in [0.15, 0.2) is 11.0 Å². The summed E-state index contributed by atoms with van der Waals surface area (Å²) in [7, 11) is 1.68. The number of thioether (sulfide) groups is 1. The molecule has 8 heteroatoms. The Labute approximate surface area is 183 Å². The monoisotopic (exact) mass is 442 g/mol. The van der Waals surface area contributed by atoms with Gasteiger partial charge in [0.2, 0.25) is 0 Å². The van der Waals surface area contributed by atoms with Crippen molar-refractivity contribution in [3.63, 3.8) is 0 Å². The summed E-state index contributed by atoms with van der Waals surface area (Å²) in [4.78, 5) is 4.43. The second-order valence-corrected chi connectivity index (χ2v) is 8.06. The molecule has 0 aliphatic heterocycles. The van der Waals surface area contributed by atoms with Gasteiger partial charge in [-0.25, -0.2) is 4.39 Å². The summed E-state index contributed by atoms with van der Waals surface area (Å²) < 4.78 is 21.3. The van der Waals surface area contributed by atoms with Crippen LogP contribution in [0.1, 0.15) is 12.0 Å². The van der Waals surface area contributed by atoms with E-state index in [1.165, 1.54) is 23.9 Å². The Kier molecular flexibility index (Phi) is 6.62. The van der Waals surface area contributed by atoms with E-state index < -0.39 is 0 Å². The summed E-state index contributed by atoms with van der Waals surface area (Å²) in [5.41, 5.74) is 2.44. The first-order valence-electron chi connectivity index (χ1n) is 9.50. The fourth-order valence-electron chi connectivity index (χ4n) is 3.29. The first-order valence-corrected chi connectivity index (χ1v) is 10.9. The molecule has 2 aromatic heterocycles. The quantitative estimate of drug-likeness (QED) is 0.262. The second kappa shape index (κ2) is 9.55. The number of fused-ring (bicyclic) bond motifs is 1. The Morgan fingerprint density at radius 1 is 1.13 bits per heavy atom. The van der Waals surface area contributed by atoms with Crippen molar-refractivity contribution in [2.45, 2.75) is 23.9 Å². The molecule has 4 aromatic rings. The maximum Gasteiger partial charge on any atom is 0.191 e. The molecule has 5 nitrogen and oxygen atoms in total. The number of halogens is 2. The molecule has 2 heterocycles. The van der Waals surface area contributed by atoms with Crippen LogP contribution in [0.3, 0.4) is 0 Å².